The molecule has 0 aliphatic rings. The highest BCUT2D eigenvalue weighted by Gasteiger charge is 2.20. The lowest BCUT2D eigenvalue weighted by molar-refractivity contribution is 0.462. The normalized spacial score (nSPS) is 11.9. The van der Waals surface area contributed by atoms with E-state index in [1.54, 1.807) is 11.8 Å². The van der Waals surface area contributed by atoms with Gasteiger partial charge in [-0.2, -0.15) is 0 Å². The second-order valence-corrected chi connectivity index (χ2v) is 6.24. The molecule has 0 fully saturated rings. The number of amidine groups is 1. The molecule has 0 saturated heterocycles. The second-order valence-electron chi connectivity index (χ2n) is 5.20. The van der Waals surface area contributed by atoms with Gasteiger partial charge in [0.05, 0.1) is 5.84 Å². The van der Waals surface area contributed by atoms with Crippen LogP contribution >= 0.6 is 11.8 Å². The van der Waals surface area contributed by atoms with E-state index in [9.17, 15) is 0 Å². The van der Waals surface area contributed by atoms with E-state index < -0.39 is 0 Å². The van der Waals surface area contributed by atoms with Crippen molar-refractivity contribution >= 4 is 28.7 Å². The first-order valence-electron chi connectivity index (χ1n) is 6.32. The Morgan fingerprint density at radius 2 is 2.16 bits per heavy atom. The molecule has 0 unspecified atom stereocenters. The van der Waals surface area contributed by atoms with Gasteiger partial charge in [0.2, 0.25) is 0 Å². The van der Waals surface area contributed by atoms with Crippen LogP contribution in [0.2, 0.25) is 0 Å². The first-order chi connectivity index (χ1) is 8.99. The summed E-state index contributed by atoms with van der Waals surface area (Å²) in [7, 11) is 0. The molecule has 0 radical (unpaired) electrons. The third-order valence-electron chi connectivity index (χ3n) is 3.18. The van der Waals surface area contributed by atoms with Crippen LogP contribution in [-0.2, 0) is 0 Å². The summed E-state index contributed by atoms with van der Waals surface area (Å²) in [6.07, 6.45) is 1.88. The zero-order valence-corrected chi connectivity index (χ0v) is 12.1. The molecule has 1 aromatic heterocycles. The van der Waals surface area contributed by atoms with E-state index in [1.165, 1.54) is 0 Å². The van der Waals surface area contributed by atoms with Crippen molar-refractivity contribution in [3.63, 3.8) is 0 Å². The molecule has 0 atom stereocenters. The number of nitrogens with two attached hydrogens (primary N) is 1. The van der Waals surface area contributed by atoms with Crippen molar-refractivity contribution in [3.8, 4) is 0 Å². The zero-order chi connectivity index (χ0) is 13.9. The molecule has 1 aromatic carbocycles. The van der Waals surface area contributed by atoms with E-state index in [0.717, 1.165) is 29.7 Å². The van der Waals surface area contributed by atoms with Crippen LogP contribution in [0.3, 0.4) is 0 Å². The minimum Gasteiger partial charge on any atom is -0.431 e. The maximum absolute atomic E-state index is 7.51. The van der Waals surface area contributed by atoms with Gasteiger partial charge in [-0.1, -0.05) is 37.7 Å². The summed E-state index contributed by atoms with van der Waals surface area (Å²) < 4.78 is 5.63. The summed E-state index contributed by atoms with van der Waals surface area (Å²) in [5, 5.41) is 8.22. The summed E-state index contributed by atoms with van der Waals surface area (Å²) in [5.41, 5.74) is 7.06. The minimum atomic E-state index is -0.220. The number of nitrogens with one attached hydrogen (secondary N) is 1. The third kappa shape index (κ3) is 3.50. The van der Waals surface area contributed by atoms with Crippen LogP contribution in [0.1, 0.15) is 26.7 Å². The SMILES string of the molecule is CC(C)(CCCSc1nc2ccccc2o1)C(=N)N. The van der Waals surface area contributed by atoms with Crippen molar-refractivity contribution in [3.05, 3.63) is 24.3 Å². The number of fused-ring (bicyclic) bond motifs is 1. The van der Waals surface area contributed by atoms with Crippen LogP contribution in [-0.4, -0.2) is 16.6 Å². The Morgan fingerprint density at radius 1 is 1.42 bits per heavy atom. The Bertz CT molecular complexity index is 544. The molecular weight excluding hydrogens is 258 g/mol. The lowest BCUT2D eigenvalue weighted by atomic mass is 9.87. The van der Waals surface area contributed by atoms with Crippen LogP contribution in [0.25, 0.3) is 11.1 Å². The summed E-state index contributed by atoms with van der Waals surface area (Å²) in [6.45, 7) is 4.00. The van der Waals surface area contributed by atoms with Crippen LogP contribution < -0.4 is 5.73 Å². The fourth-order valence-electron chi connectivity index (χ4n) is 1.72. The Kier molecular flexibility index (Phi) is 4.14. The topological polar surface area (TPSA) is 75.9 Å². The molecule has 0 saturated carbocycles. The quantitative estimate of drug-likeness (QED) is 0.365. The van der Waals surface area contributed by atoms with Crippen molar-refractivity contribution in [1.82, 2.24) is 4.98 Å². The van der Waals surface area contributed by atoms with E-state index >= 15 is 0 Å². The van der Waals surface area contributed by atoms with Crippen LogP contribution in [0.5, 0.6) is 0 Å². The van der Waals surface area contributed by atoms with Gasteiger partial charge in [0.15, 0.2) is 5.58 Å². The van der Waals surface area contributed by atoms with Gasteiger partial charge in [0.25, 0.3) is 5.22 Å². The van der Waals surface area contributed by atoms with Crippen LogP contribution in [0.4, 0.5) is 0 Å². The monoisotopic (exact) mass is 277 g/mol. The number of hydrogen-bond donors (Lipinski definition) is 2. The first-order valence-corrected chi connectivity index (χ1v) is 7.30. The molecule has 2 aromatic rings. The minimum absolute atomic E-state index is 0.220. The average molecular weight is 277 g/mol. The summed E-state index contributed by atoms with van der Waals surface area (Å²) >= 11 is 1.61. The molecule has 0 amide bonds. The largest absolute Gasteiger partial charge is 0.431 e. The number of thioether (sulfide) groups is 1. The highest BCUT2D eigenvalue weighted by molar-refractivity contribution is 7.99. The Balaban J connectivity index is 1.84. The molecule has 5 heteroatoms. The Labute approximate surface area is 117 Å². The van der Waals surface area contributed by atoms with Gasteiger partial charge in [-0.3, -0.25) is 5.41 Å². The molecule has 102 valence electrons. The highest BCUT2D eigenvalue weighted by Crippen LogP contribution is 2.27. The van der Waals surface area contributed by atoms with Crippen molar-refractivity contribution in [2.24, 2.45) is 11.1 Å². The van der Waals surface area contributed by atoms with E-state index in [1.807, 2.05) is 38.1 Å². The summed E-state index contributed by atoms with van der Waals surface area (Å²) in [5.74, 6) is 1.17. The Morgan fingerprint density at radius 3 is 2.84 bits per heavy atom. The lowest BCUT2D eigenvalue weighted by Gasteiger charge is -2.22. The molecule has 2 rings (SSSR count). The van der Waals surface area contributed by atoms with Gasteiger partial charge >= 0.3 is 0 Å². The zero-order valence-electron chi connectivity index (χ0n) is 11.3. The van der Waals surface area contributed by atoms with Crippen LogP contribution in [0.15, 0.2) is 33.9 Å². The fraction of sp³-hybridized carbons (Fsp3) is 0.429. The van der Waals surface area contributed by atoms with Crippen molar-refractivity contribution in [2.75, 3.05) is 5.75 Å². The molecule has 0 spiro atoms. The molecule has 3 N–H and O–H groups in total. The van der Waals surface area contributed by atoms with E-state index in [0.29, 0.717) is 5.22 Å². The smallest absolute Gasteiger partial charge is 0.256 e. The van der Waals surface area contributed by atoms with Crippen molar-refractivity contribution < 1.29 is 4.42 Å². The number of aromatic nitrogens is 1. The molecule has 0 bridgehead atoms. The van der Waals surface area contributed by atoms with Gasteiger partial charge in [-0.25, -0.2) is 4.98 Å². The molecule has 0 aliphatic carbocycles. The fourth-order valence-corrected chi connectivity index (χ4v) is 2.50. The maximum atomic E-state index is 7.51. The van der Waals surface area contributed by atoms with E-state index in [4.69, 9.17) is 15.6 Å². The molecule has 1 heterocycles. The van der Waals surface area contributed by atoms with Crippen molar-refractivity contribution in [1.29, 1.82) is 5.41 Å². The van der Waals surface area contributed by atoms with Gasteiger partial charge in [-0.15, -0.1) is 0 Å². The van der Waals surface area contributed by atoms with Crippen LogP contribution in [0, 0.1) is 10.8 Å². The number of para-hydroxylation sites is 2. The number of hydrogen-bond acceptors (Lipinski definition) is 4. The number of rotatable bonds is 6. The molecular formula is C14H19N3OS. The molecule has 0 aliphatic heterocycles. The molecule has 19 heavy (non-hydrogen) atoms. The standard InChI is InChI=1S/C14H19N3OS/c1-14(2,12(15)16)8-5-9-19-13-17-10-6-3-4-7-11(10)18-13/h3-4,6-7H,5,8-9H2,1-2H3,(H3,15,16). The predicted molar refractivity (Wildman–Crippen MR) is 79.7 cm³/mol. The Hall–Kier alpha value is -1.49. The van der Waals surface area contributed by atoms with Gasteiger partial charge < -0.3 is 10.2 Å². The van der Waals surface area contributed by atoms with Gasteiger partial charge in [0.1, 0.15) is 5.52 Å². The van der Waals surface area contributed by atoms with Gasteiger partial charge in [-0.05, 0) is 25.0 Å². The summed E-state index contributed by atoms with van der Waals surface area (Å²) in [6, 6.07) is 7.76. The van der Waals surface area contributed by atoms with E-state index in [2.05, 4.69) is 4.98 Å². The lowest BCUT2D eigenvalue weighted by Crippen LogP contribution is -2.30. The average Bonchev–Trinajstić information content (AvgIpc) is 2.77. The maximum Gasteiger partial charge on any atom is 0.256 e. The molecule has 4 nitrogen and oxygen atoms in total. The third-order valence-corrected chi connectivity index (χ3v) is 4.09. The van der Waals surface area contributed by atoms with Crippen molar-refractivity contribution in [2.45, 2.75) is 31.9 Å². The first kappa shape index (κ1) is 13.9. The van der Waals surface area contributed by atoms with E-state index in [-0.39, 0.29) is 11.3 Å². The number of oxazole rings is 1. The second kappa shape index (κ2) is 5.65. The number of nitrogens with zero attached hydrogens (tertiary/aromatic N) is 1. The summed E-state index contributed by atoms with van der Waals surface area (Å²) in [4.78, 5) is 4.41. The highest BCUT2D eigenvalue weighted by atomic mass is 32.2. The van der Waals surface area contributed by atoms with Gasteiger partial charge in [0, 0.05) is 11.2 Å². The number of benzene rings is 1. The predicted octanol–water partition coefficient (Wildman–Crippen LogP) is 3.66.